The van der Waals surface area contributed by atoms with Crippen LogP contribution in [0.1, 0.15) is 85.0 Å². The van der Waals surface area contributed by atoms with Crippen LogP contribution in [0.2, 0.25) is 0 Å². The van der Waals surface area contributed by atoms with Crippen LogP contribution in [0.25, 0.3) is 11.1 Å². The Balaban J connectivity index is 0.00000221. The van der Waals surface area contributed by atoms with Crippen molar-refractivity contribution in [3.8, 4) is 11.1 Å². The standard InChI is InChI=1S/C21H25.C13H8I2.C5H5.2ClH.Zr/c1-20(2,3)16-7-9-18-14(12-16)11-15-13-17(21(4,5)6)8-10-19(15)18;14-12-5-1-10(2-6-12)9-11-3-7-13(15)8-4-11;1-2-4-5-3-1;;;/h7-13H,1-6H3;1-8H;1-3H,4H2;2*1H;/q;;;;;+2/p-2. The Hall–Kier alpha value is -0.847. The van der Waals surface area contributed by atoms with Gasteiger partial charge < -0.3 is 24.8 Å². The molecule has 0 aliphatic heterocycles. The summed E-state index contributed by atoms with van der Waals surface area (Å²) in [7, 11) is 0. The molecule has 0 nitrogen and oxygen atoms in total. The molecule has 0 amide bonds. The van der Waals surface area contributed by atoms with Gasteiger partial charge in [0.15, 0.2) is 0 Å². The molecule has 0 radical (unpaired) electrons. The van der Waals surface area contributed by atoms with Crippen LogP contribution in [0.4, 0.5) is 0 Å². The molecular weight excluding hydrogens is 884 g/mol. The Bertz CT molecular complexity index is 1660. The van der Waals surface area contributed by atoms with Crippen molar-refractivity contribution in [3.63, 3.8) is 0 Å². The average molecular weight is 923 g/mol. The first-order valence-electron chi connectivity index (χ1n) is 14.8. The zero-order valence-corrected chi connectivity index (χ0v) is 34.4. The molecule has 0 saturated heterocycles. The number of rotatable bonds is 4. The van der Waals surface area contributed by atoms with Crippen LogP contribution in [-0.2, 0) is 32.1 Å². The normalized spacial score (nSPS) is 13.7. The van der Waals surface area contributed by atoms with Gasteiger partial charge in [0.2, 0.25) is 0 Å². The minimum atomic E-state index is -2.70. The van der Waals surface area contributed by atoms with Gasteiger partial charge in [0.25, 0.3) is 0 Å². The van der Waals surface area contributed by atoms with E-state index in [2.05, 4.69) is 190 Å². The summed E-state index contributed by atoms with van der Waals surface area (Å²) in [6, 6.07) is 33.5. The van der Waals surface area contributed by atoms with Gasteiger partial charge in [-0.15, -0.1) is 0 Å². The Morgan fingerprint density at radius 2 is 1.07 bits per heavy atom. The van der Waals surface area contributed by atoms with Gasteiger partial charge >= 0.3 is 290 Å². The number of allylic oxidation sites excluding steroid dienone is 4. The van der Waals surface area contributed by atoms with Crippen LogP contribution in [-0.4, -0.2) is 3.21 Å². The van der Waals surface area contributed by atoms with Gasteiger partial charge in [-0.3, -0.25) is 0 Å². The maximum Gasteiger partial charge on any atom is -1.00 e. The molecule has 226 valence electrons. The van der Waals surface area contributed by atoms with Crippen LogP contribution >= 0.6 is 45.2 Å². The molecular formula is C39H38Cl2I2Zr. The smallest absolute Gasteiger partial charge is 1.00 e. The van der Waals surface area contributed by atoms with Gasteiger partial charge in [0.1, 0.15) is 0 Å². The molecule has 4 aromatic carbocycles. The predicted octanol–water partition coefficient (Wildman–Crippen LogP) is 5.30. The molecule has 5 heteroatoms. The fraction of sp³-hybridized carbons (Fsp3) is 0.256. The molecule has 6 rings (SSSR count). The topological polar surface area (TPSA) is 0 Å². The fourth-order valence-corrected chi connectivity index (χ4v) is 16.0. The second-order valence-electron chi connectivity index (χ2n) is 13.7. The van der Waals surface area contributed by atoms with Crippen LogP contribution in [0, 0.1) is 7.14 Å². The van der Waals surface area contributed by atoms with Crippen molar-refractivity contribution in [1.82, 2.24) is 0 Å². The van der Waals surface area contributed by atoms with E-state index >= 15 is 0 Å². The van der Waals surface area contributed by atoms with Crippen LogP contribution in [0.3, 0.4) is 0 Å². The Morgan fingerprint density at radius 1 is 0.636 bits per heavy atom. The third-order valence-corrected chi connectivity index (χ3v) is 18.4. The summed E-state index contributed by atoms with van der Waals surface area (Å²) in [4.78, 5) is 0. The zero-order valence-electron chi connectivity index (χ0n) is 26.1. The van der Waals surface area contributed by atoms with Gasteiger partial charge in [-0.05, 0) is 0 Å². The van der Waals surface area contributed by atoms with Crippen molar-refractivity contribution >= 4 is 48.4 Å². The number of halogens is 4. The number of hydrogen-bond acceptors (Lipinski definition) is 0. The van der Waals surface area contributed by atoms with Crippen LogP contribution < -0.4 is 24.8 Å². The first-order valence-corrected chi connectivity index (χ1v) is 20.9. The first kappa shape index (κ1) is 36.0. The molecule has 2 aliphatic carbocycles. The third-order valence-electron chi connectivity index (χ3n) is 8.69. The largest absolute Gasteiger partial charge is 1.00 e. The molecule has 4 aromatic rings. The van der Waals surface area contributed by atoms with E-state index in [4.69, 9.17) is 0 Å². The second kappa shape index (κ2) is 14.1. The Labute approximate surface area is 311 Å². The van der Waals surface area contributed by atoms with Gasteiger partial charge in [-0.1, -0.05) is 0 Å². The molecule has 0 N–H and O–H groups in total. The molecule has 0 heterocycles. The molecule has 0 atom stereocenters. The molecule has 0 aromatic heterocycles. The summed E-state index contributed by atoms with van der Waals surface area (Å²) >= 11 is 2.17. The van der Waals surface area contributed by atoms with Crippen molar-refractivity contribution in [2.75, 3.05) is 0 Å². The number of hydrogen-bond donors (Lipinski definition) is 0. The van der Waals surface area contributed by atoms with E-state index in [-0.39, 0.29) is 35.6 Å². The molecule has 2 aliphatic rings. The zero-order chi connectivity index (χ0) is 29.8. The molecule has 0 fully saturated rings. The summed E-state index contributed by atoms with van der Waals surface area (Å²) in [6.45, 7) is 14.1. The van der Waals surface area contributed by atoms with Crippen molar-refractivity contribution in [2.24, 2.45) is 0 Å². The number of benzene rings is 4. The van der Waals surface area contributed by atoms with E-state index in [0.717, 1.165) is 6.42 Å². The minimum Gasteiger partial charge on any atom is -1.00 e. The van der Waals surface area contributed by atoms with E-state index in [1.807, 2.05) is 0 Å². The fourth-order valence-electron chi connectivity index (χ4n) is 6.35. The van der Waals surface area contributed by atoms with Gasteiger partial charge in [-0.25, -0.2) is 0 Å². The molecule has 44 heavy (non-hydrogen) atoms. The minimum absolute atomic E-state index is 0. The summed E-state index contributed by atoms with van der Waals surface area (Å²) in [5.41, 5.74) is 11.8. The van der Waals surface area contributed by atoms with Crippen molar-refractivity contribution < 1.29 is 46.1 Å². The van der Waals surface area contributed by atoms with Crippen molar-refractivity contribution in [1.29, 1.82) is 0 Å². The summed E-state index contributed by atoms with van der Waals surface area (Å²) in [6.07, 6.45) is 8.24. The molecule has 0 spiro atoms. The Kier molecular flexibility index (Phi) is 11.5. The van der Waals surface area contributed by atoms with E-state index < -0.39 is 21.3 Å². The summed E-state index contributed by atoms with van der Waals surface area (Å²) in [5.74, 6) is 0. The monoisotopic (exact) mass is 920 g/mol. The maximum absolute atomic E-state index is 2.70. The van der Waals surface area contributed by atoms with Crippen LogP contribution in [0.5, 0.6) is 0 Å². The predicted molar refractivity (Wildman–Crippen MR) is 194 cm³/mol. The van der Waals surface area contributed by atoms with E-state index in [1.165, 1.54) is 40.5 Å². The Morgan fingerprint density at radius 3 is 1.43 bits per heavy atom. The second-order valence-corrected chi connectivity index (χ2v) is 22.4. The van der Waals surface area contributed by atoms with Gasteiger partial charge in [0.05, 0.1) is 0 Å². The average Bonchev–Trinajstić information content (AvgIpc) is 3.58. The van der Waals surface area contributed by atoms with Crippen LogP contribution in [0.15, 0.2) is 106 Å². The molecule has 0 unspecified atom stereocenters. The van der Waals surface area contributed by atoms with E-state index in [9.17, 15) is 0 Å². The van der Waals surface area contributed by atoms with Gasteiger partial charge in [-0.2, -0.15) is 0 Å². The summed E-state index contributed by atoms with van der Waals surface area (Å²) in [5, 5.41) is 0. The maximum atomic E-state index is 2.58. The van der Waals surface area contributed by atoms with E-state index in [0.29, 0.717) is 3.63 Å². The van der Waals surface area contributed by atoms with Crippen molar-refractivity contribution in [2.45, 2.75) is 62.4 Å². The SMILES string of the molecule is CC(C)(C)c1ccc2c(c1)[CH]([Zr+2]([C]1=CC=CC1)=[C](c1ccc(I)cc1)c1ccc(I)cc1)c1cc(C(C)(C)C)ccc1-2.[Cl-].[Cl-]. The number of fused-ring (bicyclic) bond motifs is 3. The summed E-state index contributed by atoms with van der Waals surface area (Å²) < 4.78 is 6.29. The van der Waals surface area contributed by atoms with Crippen molar-refractivity contribution in [3.05, 3.63) is 147 Å². The molecule has 0 saturated carbocycles. The van der Waals surface area contributed by atoms with E-state index in [1.54, 1.807) is 17.6 Å². The first-order chi connectivity index (χ1) is 19.9. The third kappa shape index (κ3) is 7.18. The van der Waals surface area contributed by atoms with Gasteiger partial charge in [0, 0.05) is 0 Å². The quantitative estimate of drug-likeness (QED) is 0.244. The molecule has 0 bridgehead atoms.